The molecule has 114 valence electrons. The van der Waals surface area contributed by atoms with Crippen molar-refractivity contribution < 1.29 is 4.79 Å². The lowest BCUT2D eigenvalue weighted by Gasteiger charge is -2.30. The van der Waals surface area contributed by atoms with Crippen molar-refractivity contribution in [3.63, 3.8) is 0 Å². The second-order valence-corrected chi connectivity index (χ2v) is 6.73. The molecule has 0 bridgehead atoms. The number of nitrogens with zero attached hydrogens (tertiary/aromatic N) is 1. The smallest absolute Gasteiger partial charge is 0.248 e. The quantitative estimate of drug-likeness (QED) is 0.872. The molecule has 0 spiro atoms. The molecular weight excluding hydrogens is 260 g/mol. The molecule has 21 heavy (non-hydrogen) atoms. The normalized spacial score (nSPS) is 19.9. The molecule has 3 rings (SSSR count). The fourth-order valence-corrected chi connectivity index (χ4v) is 3.54. The molecular formula is C18H26N2O. The highest BCUT2D eigenvalue weighted by atomic mass is 16.1. The van der Waals surface area contributed by atoms with Crippen LogP contribution in [0.2, 0.25) is 0 Å². The Morgan fingerprint density at radius 3 is 2.57 bits per heavy atom. The first kappa shape index (κ1) is 14.6. The van der Waals surface area contributed by atoms with Crippen molar-refractivity contribution in [3.05, 3.63) is 35.4 Å². The van der Waals surface area contributed by atoms with E-state index in [2.05, 4.69) is 11.0 Å². The Kier molecular flexibility index (Phi) is 4.59. The lowest BCUT2D eigenvalue weighted by Crippen LogP contribution is -2.32. The van der Waals surface area contributed by atoms with E-state index in [9.17, 15) is 4.79 Å². The molecule has 0 aromatic heterocycles. The third-order valence-electron chi connectivity index (χ3n) is 4.88. The number of rotatable bonds is 6. The SMILES string of the molecule is NC(=O)c1cccc(CN(CC2CCCCC2)C2CC2)c1. The Morgan fingerprint density at radius 2 is 1.90 bits per heavy atom. The van der Waals surface area contributed by atoms with Crippen LogP contribution in [0.25, 0.3) is 0 Å². The van der Waals surface area contributed by atoms with Crippen LogP contribution in [0.4, 0.5) is 0 Å². The van der Waals surface area contributed by atoms with Gasteiger partial charge in [-0.15, -0.1) is 0 Å². The highest BCUT2D eigenvalue weighted by molar-refractivity contribution is 5.92. The van der Waals surface area contributed by atoms with Crippen LogP contribution in [0.3, 0.4) is 0 Å². The van der Waals surface area contributed by atoms with E-state index in [-0.39, 0.29) is 5.91 Å². The molecule has 2 saturated carbocycles. The van der Waals surface area contributed by atoms with E-state index in [0.717, 1.165) is 18.5 Å². The lowest BCUT2D eigenvalue weighted by atomic mass is 9.89. The maximum atomic E-state index is 11.3. The predicted octanol–water partition coefficient (Wildman–Crippen LogP) is 3.33. The maximum Gasteiger partial charge on any atom is 0.248 e. The number of carbonyl (C=O) groups excluding carboxylic acids is 1. The summed E-state index contributed by atoms with van der Waals surface area (Å²) in [6.45, 7) is 2.19. The summed E-state index contributed by atoms with van der Waals surface area (Å²) < 4.78 is 0. The van der Waals surface area contributed by atoms with Gasteiger partial charge in [-0.05, 0) is 49.3 Å². The Labute approximate surface area is 127 Å². The number of hydrogen-bond donors (Lipinski definition) is 1. The van der Waals surface area contributed by atoms with Crippen molar-refractivity contribution in [2.45, 2.75) is 57.5 Å². The van der Waals surface area contributed by atoms with Gasteiger partial charge in [-0.25, -0.2) is 0 Å². The minimum absolute atomic E-state index is 0.331. The summed E-state index contributed by atoms with van der Waals surface area (Å²) in [5.41, 5.74) is 7.22. The molecule has 1 aromatic rings. The van der Waals surface area contributed by atoms with Gasteiger partial charge in [0.05, 0.1) is 0 Å². The number of primary amides is 1. The van der Waals surface area contributed by atoms with Crippen molar-refractivity contribution in [2.24, 2.45) is 11.7 Å². The minimum Gasteiger partial charge on any atom is -0.366 e. The molecule has 1 amide bonds. The average molecular weight is 286 g/mol. The molecule has 0 heterocycles. The zero-order valence-corrected chi connectivity index (χ0v) is 12.8. The molecule has 3 nitrogen and oxygen atoms in total. The topological polar surface area (TPSA) is 46.3 Å². The first-order chi connectivity index (χ1) is 10.2. The van der Waals surface area contributed by atoms with Crippen molar-refractivity contribution in [2.75, 3.05) is 6.54 Å². The fourth-order valence-electron chi connectivity index (χ4n) is 3.54. The first-order valence-corrected chi connectivity index (χ1v) is 8.35. The average Bonchev–Trinajstić information content (AvgIpc) is 3.33. The van der Waals surface area contributed by atoms with Gasteiger partial charge in [-0.2, -0.15) is 0 Å². The molecule has 0 aliphatic heterocycles. The highest BCUT2D eigenvalue weighted by Gasteiger charge is 2.30. The molecule has 2 N–H and O–H groups in total. The van der Waals surface area contributed by atoms with Crippen molar-refractivity contribution >= 4 is 5.91 Å². The van der Waals surface area contributed by atoms with Crippen molar-refractivity contribution in [1.82, 2.24) is 4.90 Å². The standard InChI is InChI=1S/C18H26N2O/c19-18(21)16-8-4-7-15(11-16)13-20(17-9-10-17)12-14-5-2-1-3-6-14/h4,7-8,11,14,17H,1-3,5-6,9-10,12-13H2,(H2,19,21). The van der Waals surface area contributed by atoms with E-state index in [0.29, 0.717) is 5.56 Å². The number of nitrogens with two attached hydrogens (primary N) is 1. The summed E-state index contributed by atoms with van der Waals surface area (Å²) in [4.78, 5) is 13.9. The largest absolute Gasteiger partial charge is 0.366 e. The van der Waals surface area contributed by atoms with Gasteiger partial charge >= 0.3 is 0 Å². The van der Waals surface area contributed by atoms with Crippen LogP contribution in [-0.4, -0.2) is 23.4 Å². The Balaban J connectivity index is 1.64. The van der Waals surface area contributed by atoms with E-state index in [1.54, 1.807) is 6.07 Å². The van der Waals surface area contributed by atoms with E-state index in [4.69, 9.17) is 5.73 Å². The lowest BCUT2D eigenvalue weighted by molar-refractivity contribution is 0.1000. The number of hydrogen-bond acceptors (Lipinski definition) is 2. The van der Waals surface area contributed by atoms with Gasteiger partial charge in [0.1, 0.15) is 0 Å². The van der Waals surface area contributed by atoms with E-state index in [1.807, 2.05) is 12.1 Å². The van der Waals surface area contributed by atoms with E-state index in [1.165, 1.54) is 57.1 Å². The number of carbonyl (C=O) groups is 1. The second-order valence-electron chi connectivity index (χ2n) is 6.73. The molecule has 2 aliphatic carbocycles. The Hall–Kier alpha value is -1.35. The third-order valence-corrected chi connectivity index (χ3v) is 4.88. The molecule has 0 saturated heterocycles. The Morgan fingerprint density at radius 1 is 1.14 bits per heavy atom. The van der Waals surface area contributed by atoms with Crippen LogP contribution in [0, 0.1) is 5.92 Å². The first-order valence-electron chi connectivity index (χ1n) is 8.35. The van der Waals surface area contributed by atoms with Gasteiger partial charge < -0.3 is 5.73 Å². The molecule has 2 aliphatic rings. The minimum atomic E-state index is -0.331. The monoisotopic (exact) mass is 286 g/mol. The van der Waals surface area contributed by atoms with Gasteiger partial charge in [-0.3, -0.25) is 9.69 Å². The van der Waals surface area contributed by atoms with Crippen LogP contribution >= 0.6 is 0 Å². The molecule has 2 fully saturated rings. The molecule has 0 unspecified atom stereocenters. The van der Waals surface area contributed by atoms with Crippen molar-refractivity contribution in [1.29, 1.82) is 0 Å². The van der Waals surface area contributed by atoms with Crippen LogP contribution in [-0.2, 0) is 6.54 Å². The summed E-state index contributed by atoms with van der Waals surface area (Å²) in [7, 11) is 0. The molecule has 0 atom stereocenters. The second kappa shape index (κ2) is 6.61. The fraction of sp³-hybridized carbons (Fsp3) is 0.611. The summed E-state index contributed by atoms with van der Waals surface area (Å²) >= 11 is 0. The van der Waals surface area contributed by atoms with E-state index < -0.39 is 0 Å². The maximum absolute atomic E-state index is 11.3. The number of amides is 1. The van der Waals surface area contributed by atoms with Crippen LogP contribution in [0.1, 0.15) is 60.9 Å². The van der Waals surface area contributed by atoms with Gasteiger partial charge in [0, 0.05) is 24.7 Å². The molecule has 0 radical (unpaired) electrons. The van der Waals surface area contributed by atoms with Gasteiger partial charge in [0.2, 0.25) is 5.91 Å². The third kappa shape index (κ3) is 4.07. The zero-order chi connectivity index (χ0) is 14.7. The van der Waals surface area contributed by atoms with Crippen LogP contribution < -0.4 is 5.73 Å². The van der Waals surface area contributed by atoms with Gasteiger partial charge in [-0.1, -0.05) is 31.4 Å². The predicted molar refractivity (Wildman–Crippen MR) is 85.0 cm³/mol. The van der Waals surface area contributed by atoms with Crippen molar-refractivity contribution in [3.8, 4) is 0 Å². The van der Waals surface area contributed by atoms with Crippen LogP contribution in [0.15, 0.2) is 24.3 Å². The van der Waals surface area contributed by atoms with Gasteiger partial charge in [0.25, 0.3) is 0 Å². The van der Waals surface area contributed by atoms with Gasteiger partial charge in [0.15, 0.2) is 0 Å². The van der Waals surface area contributed by atoms with E-state index >= 15 is 0 Å². The summed E-state index contributed by atoms with van der Waals surface area (Å²) in [5.74, 6) is 0.542. The number of benzene rings is 1. The summed E-state index contributed by atoms with van der Waals surface area (Å²) in [6, 6.07) is 8.58. The molecule has 3 heteroatoms. The Bertz CT molecular complexity index is 490. The molecule has 1 aromatic carbocycles. The highest BCUT2D eigenvalue weighted by Crippen LogP contribution is 2.32. The zero-order valence-electron chi connectivity index (χ0n) is 12.8. The van der Waals surface area contributed by atoms with Crippen LogP contribution in [0.5, 0.6) is 0 Å². The summed E-state index contributed by atoms with van der Waals surface area (Å²) in [5, 5.41) is 0. The summed E-state index contributed by atoms with van der Waals surface area (Å²) in [6.07, 6.45) is 9.68.